The fourth-order valence-corrected chi connectivity index (χ4v) is 4.49. The Balaban J connectivity index is 1.29. The maximum Gasteiger partial charge on any atom is 0.239 e. The molecule has 1 saturated heterocycles. The first-order valence-corrected chi connectivity index (χ1v) is 10.5. The molecule has 1 N–H and O–H groups in total. The number of amides is 2. The summed E-state index contributed by atoms with van der Waals surface area (Å²) in [7, 11) is 1.93. The van der Waals surface area contributed by atoms with Crippen molar-refractivity contribution in [2.75, 3.05) is 19.6 Å². The van der Waals surface area contributed by atoms with Gasteiger partial charge in [-0.1, -0.05) is 5.16 Å². The molecule has 2 aliphatic rings. The fourth-order valence-electron chi connectivity index (χ4n) is 4.49. The van der Waals surface area contributed by atoms with E-state index in [2.05, 4.69) is 10.5 Å². The smallest absolute Gasteiger partial charge is 0.239 e. The van der Waals surface area contributed by atoms with Crippen molar-refractivity contribution in [2.45, 2.75) is 51.4 Å². The minimum atomic E-state index is -0.0462. The van der Waals surface area contributed by atoms with E-state index in [1.165, 1.54) is 0 Å². The second kappa shape index (κ2) is 8.39. The maximum atomic E-state index is 12.1. The molecule has 3 heterocycles. The van der Waals surface area contributed by atoms with Gasteiger partial charge in [-0.25, -0.2) is 0 Å². The fraction of sp³-hybridized carbons (Fsp3) is 0.619. The normalized spacial score (nSPS) is 22.3. The molecular weight excluding hydrogens is 370 g/mol. The van der Waals surface area contributed by atoms with E-state index in [0.717, 1.165) is 54.8 Å². The lowest BCUT2D eigenvalue weighted by atomic mass is 9.79. The van der Waals surface area contributed by atoms with Crippen molar-refractivity contribution in [3.63, 3.8) is 0 Å². The van der Waals surface area contributed by atoms with E-state index < -0.39 is 0 Å². The molecule has 0 radical (unpaired) electrons. The van der Waals surface area contributed by atoms with Gasteiger partial charge >= 0.3 is 0 Å². The van der Waals surface area contributed by atoms with Crippen LogP contribution in [0.4, 0.5) is 0 Å². The van der Waals surface area contributed by atoms with Crippen molar-refractivity contribution >= 4 is 11.8 Å². The van der Waals surface area contributed by atoms with Gasteiger partial charge in [0.25, 0.3) is 0 Å². The van der Waals surface area contributed by atoms with Crippen molar-refractivity contribution in [1.82, 2.24) is 25.2 Å². The monoisotopic (exact) mass is 399 g/mol. The van der Waals surface area contributed by atoms with Gasteiger partial charge in [-0.05, 0) is 44.9 Å². The topological polar surface area (TPSA) is 93.3 Å². The van der Waals surface area contributed by atoms with Crippen LogP contribution in [0.1, 0.15) is 55.8 Å². The van der Waals surface area contributed by atoms with Crippen molar-refractivity contribution < 1.29 is 14.1 Å². The Morgan fingerprint density at radius 1 is 1.31 bits per heavy atom. The first-order valence-electron chi connectivity index (χ1n) is 10.5. The third kappa shape index (κ3) is 4.52. The standard InChI is InChI=1S/C21H29N5O3/c1-14-10-18(29-24-14)17-12-25(2)23-21(17)16-7-5-15(6-8-16)11-22-19(27)13-26-9-3-4-20(26)28/h10,12,15-16H,3-9,11,13H2,1-2H3,(H,22,27). The molecule has 0 atom stereocenters. The summed E-state index contributed by atoms with van der Waals surface area (Å²) in [6.07, 6.45) is 7.63. The van der Waals surface area contributed by atoms with Gasteiger partial charge in [-0.3, -0.25) is 14.3 Å². The van der Waals surface area contributed by atoms with E-state index in [-0.39, 0.29) is 18.4 Å². The highest BCUT2D eigenvalue weighted by Gasteiger charge is 2.28. The zero-order valence-corrected chi connectivity index (χ0v) is 17.2. The number of nitrogens with zero attached hydrogens (tertiary/aromatic N) is 4. The number of aromatic nitrogens is 3. The number of hydrogen-bond acceptors (Lipinski definition) is 5. The van der Waals surface area contributed by atoms with Crippen LogP contribution in [0.2, 0.25) is 0 Å². The Kier molecular flexibility index (Phi) is 5.69. The zero-order valence-electron chi connectivity index (χ0n) is 17.2. The summed E-state index contributed by atoms with van der Waals surface area (Å²) in [5.74, 6) is 1.69. The summed E-state index contributed by atoms with van der Waals surface area (Å²) in [6, 6.07) is 1.95. The Morgan fingerprint density at radius 2 is 2.10 bits per heavy atom. The largest absolute Gasteiger partial charge is 0.356 e. The minimum absolute atomic E-state index is 0.0462. The first-order chi connectivity index (χ1) is 14.0. The first kappa shape index (κ1) is 19.7. The third-order valence-corrected chi connectivity index (χ3v) is 6.08. The molecule has 2 aromatic heterocycles. The van der Waals surface area contributed by atoms with Crippen molar-refractivity contribution in [1.29, 1.82) is 0 Å². The molecule has 1 aliphatic carbocycles. The van der Waals surface area contributed by atoms with Gasteiger partial charge in [0.05, 0.1) is 23.5 Å². The van der Waals surface area contributed by atoms with Gasteiger partial charge in [0.2, 0.25) is 11.8 Å². The van der Waals surface area contributed by atoms with Gasteiger partial charge in [-0.15, -0.1) is 0 Å². The summed E-state index contributed by atoms with van der Waals surface area (Å²) >= 11 is 0. The molecule has 4 rings (SSSR count). The van der Waals surface area contributed by atoms with Crippen LogP contribution in [-0.2, 0) is 16.6 Å². The molecule has 29 heavy (non-hydrogen) atoms. The van der Waals surface area contributed by atoms with E-state index in [0.29, 0.717) is 31.3 Å². The molecule has 156 valence electrons. The Labute approximate surface area is 170 Å². The van der Waals surface area contributed by atoms with Gasteiger partial charge in [0, 0.05) is 44.7 Å². The van der Waals surface area contributed by atoms with Crippen LogP contribution in [0.3, 0.4) is 0 Å². The molecule has 8 heteroatoms. The number of carbonyl (C=O) groups is 2. The zero-order chi connectivity index (χ0) is 20.4. The summed E-state index contributed by atoms with van der Waals surface area (Å²) in [6.45, 7) is 3.50. The molecule has 2 fully saturated rings. The second-order valence-electron chi connectivity index (χ2n) is 8.37. The lowest BCUT2D eigenvalue weighted by Gasteiger charge is -2.28. The summed E-state index contributed by atoms with van der Waals surface area (Å²) in [5.41, 5.74) is 2.98. The van der Waals surface area contributed by atoms with E-state index in [4.69, 9.17) is 9.62 Å². The molecule has 0 aromatic carbocycles. The molecular formula is C21H29N5O3. The highest BCUT2D eigenvalue weighted by atomic mass is 16.5. The van der Waals surface area contributed by atoms with Crippen molar-refractivity contribution in [3.8, 4) is 11.3 Å². The van der Waals surface area contributed by atoms with E-state index >= 15 is 0 Å². The van der Waals surface area contributed by atoms with Crippen LogP contribution in [0.25, 0.3) is 11.3 Å². The molecule has 2 amide bonds. The van der Waals surface area contributed by atoms with Crippen LogP contribution in [0.5, 0.6) is 0 Å². The number of aryl methyl sites for hydroxylation is 2. The molecule has 0 unspecified atom stereocenters. The number of rotatable bonds is 6. The molecule has 1 saturated carbocycles. The predicted octanol–water partition coefficient (Wildman–Crippen LogP) is 2.40. The Hall–Kier alpha value is -2.64. The summed E-state index contributed by atoms with van der Waals surface area (Å²) < 4.78 is 7.31. The molecule has 0 bridgehead atoms. The summed E-state index contributed by atoms with van der Waals surface area (Å²) in [5, 5.41) is 11.7. The SMILES string of the molecule is Cc1cc(-c2cn(C)nc2C2CCC(CNC(=O)CN3CCCC3=O)CC2)on1. The van der Waals surface area contributed by atoms with Gasteiger partial charge in [0.1, 0.15) is 0 Å². The van der Waals surface area contributed by atoms with E-state index in [1.54, 1.807) is 4.90 Å². The molecule has 2 aromatic rings. The van der Waals surface area contributed by atoms with Crippen molar-refractivity contribution in [3.05, 3.63) is 23.7 Å². The van der Waals surface area contributed by atoms with Crippen LogP contribution in [0.15, 0.2) is 16.8 Å². The highest BCUT2D eigenvalue weighted by molar-refractivity contribution is 5.85. The van der Waals surface area contributed by atoms with E-state index in [1.807, 2.05) is 30.9 Å². The van der Waals surface area contributed by atoms with Gasteiger partial charge in [0.15, 0.2) is 5.76 Å². The molecule has 1 aliphatic heterocycles. The quantitative estimate of drug-likeness (QED) is 0.805. The Morgan fingerprint density at radius 3 is 2.76 bits per heavy atom. The van der Waals surface area contributed by atoms with Crippen molar-refractivity contribution in [2.24, 2.45) is 13.0 Å². The van der Waals surface area contributed by atoms with E-state index in [9.17, 15) is 9.59 Å². The average molecular weight is 399 g/mol. The molecule has 0 spiro atoms. The number of nitrogens with one attached hydrogen (secondary N) is 1. The van der Waals surface area contributed by atoms with Crippen LogP contribution in [0, 0.1) is 12.8 Å². The van der Waals surface area contributed by atoms with Crippen LogP contribution >= 0.6 is 0 Å². The van der Waals surface area contributed by atoms with Crippen LogP contribution in [-0.4, -0.2) is 51.3 Å². The predicted molar refractivity (Wildman–Crippen MR) is 107 cm³/mol. The van der Waals surface area contributed by atoms with Crippen LogP contribution < -0.4 is 5.32 Å². The lowest BCUT2D eigenvalue weighted by molar-refractivity contribution is -0.133. The molecule has 8 nitrogen and oxygen atoms in total. The summed E-state index contributed by atoms with van der Waals surface area (Å²) in [4.78, 5) is 25.4. The third-order valence-electron chi connectivity index (χ3n) is 6.08. The number of hydrogen-bond donors (Lipinski definition) is 1. The van der Waals surface area contributed by atoms with Gasteiger partial charge < -0.3 is 14.7 Å². The number of likely N-dealkylation sites (tertiary alicyclic amines) is 1. The minimum Gasteiger partial charge on any atom is -0.356 e. The lowest BCUT2D eigenvalue weighted by Crippen LogP contribution is -2.40. The number of carbonyl (C=O) groups excluding carboxylic acids is 2. The highest BCUT2D eigenvalue weighted by Crippen LogP contribution is 2.39. The Bertz CT molecular complexity index is 879. The second-order valence-corrected chi connectivity index (χ2v) is 8.37. The average Bonchev–Trinajstić information content (AvgIpc) is 3.41. The maximum absolute atomic E-state index is 12.1. The van der Waals surface area contributed by atoms with Gasteiger partial charge in [-0.2, -0.15) is 5.10 Å².